The molecule has 2 aromatic rings. The summed E-state index contributed by atoms with van der Waals surface area (Å²) in [6.45, 7) is 6.69. The summed E-state index contributed by atoms with van der Waals surface area (Å²) >= 11 is 3.45. The van der Waals surface area contributed by atoms with Crippen LogP contribution in [0, 0.1) is 18.3 Å². The monoisotopic (exact) mass is 428 g/mol. The number of rotatable bonds is 7. The predicted octanol–water partition coefficient (Wildman–Crippen LogP) is 5.10. The third kappa shape index (κ3) is 5.60. The zero-order chi connectivity index (χ0) is 19.8. The number of amides is 1. The Hall–Kier alpha value is -2.78. The summed E-state index contributed by atoms with van der Waals surface area (Å²) in [6.07, 6.45) is 1.51. The van der Waals surface area contributed by atoms with Crippen LogP contribution in [0.3, 0.4) is 0 Å². The molecule has 0 aliphatic heterocycles. The first kappa shape index (κ1) is 20.5. The topological polar surface area (TPSA) is 71.3 Å². The highest BCUT2D eigenvalue weighted by atomic mass is 79.9. The molecule has 27 heavy (non-hydrogen) atoms. The summed E-state index contributed by atoms with van der Waals surface area (Å²) < 4.78 is 11.9. The standard InChI is InChI=1S/C21H21BrN2O3/c1-4-26-19-12-20(27-5-2)18(22)11-15(19)10-16(13-23)21(25)24-17-8-6-14(3)7-9-17/h6-12H,4-5H2,1-3H3,(H,24,25)/b16-10+. The molecule has 0 heterocycles. The molecule has 6 heteroatoms. The van der Waals surface area contributed by atoms with E-state index in [-0.39, 0.29) is 5.57 Å². The van der Waals surface area contributed by atoms with Crippen molar-refractivity contribution >= 4 is 33.6 Å². The molecular weight excluding hydrogens is 408 g/mol. The third-order valence-corrected chi connectivity index (χ3v) is 4.26. The lowest BCUT2D eigenvalue weighted by Gasteiger charge is -2.13. The number of carbonyl (C=O) groups is 1. The Morgan fingerprint density at radius 3 is 2.37 bits per heavy atom. The molecule has 1 N–H and O–H groups in total. The first-order chi connectivity index (χ1) is 13.0. The number of nitrogens with zero attached hydrogens (tertiary/aromatic N) is 1. The number of ether oxygens (including phenoxy) is 2. The van der Waals surface area contributed by atoms with Crippen LogP contribution in [0.1, 0.15) is 25.0 Å². The smallest absolute Gasteiger partial charge is 0.266 e. The quantitative estimate of drug-likeness (QED) is 0.491. The molecule has 5 nitrogen and oxygen atoms in total. The van der Waals surface area contributed by atoms with E-state index in [1.165, 1.54) is 6.08 Å². The highest BCUT2D eigenvalue weighted by Crippen LogP contribution is 2.34. The van der Waals surface area contributed by atoms with Crippen LogP contribution in [0.15, 0.2) is 46.4 Å². The summed E-state index contributed by atoms with van der Waals surface area (Å²) in [6, 6.07) is 12.8. The van der Waals surface area contributed by atoms with Crippen LogP contribution in [0.2, 0.25) is 0 Å². The number of halogens is 1. The van der Waals surface area contributed by atoms with E-state index in [4.69, 9.17) is 9.47 Å². The zero-order valence-electron chi connectivity index (χ0n) is 15.5. The first-order valence-corrected chi connectivity index (χ1v) is 9.36. The van der Waals surface area contributed by atoms with Gasteiger partial charge < -0.3 is 14.8 Å². The van der Waals surface area contributed by atoms with Gasteiger partial charge in [-0.15, -0.1) is 0 Å². The number of aryl methyl sites for hydroxylation is 1. The van der Waals surface area contributed by atoms with Gasteiger partial charge in [0.15, 0.2) is 0 Å². The molecule has 0 aromatic heterocycles. The van der Waals surface area contributed by atoms with Gasteiger partial charge in [0.2, 0.25) is 0 Å². The Morgan fingerprint density at radius 1 is 1.15 bits per heavy atom. The lowest BCUT2D eigenvalue weighted by Crippen LogP contribution is -2.13. The fraction of sp³-hybridized carbons (Fsp3) is 0.238. The minimum atomic E-state index is -0.478. The van der Waals surface area contributed by atoms with Crippen molar-refractivity contribution < 1.29 is 14.3 Å². The molecule has 1 amide bonds. The van der Waals surface area contributed by atoms with E-state index in [0.717, 1.165) is 10.0 Å². The molecule has 0 bridgehead atoms. The molecule has 0 unspecified atom stereocenters. The van der Waals surface area contributed by atoms with Crippen LogP contribution in [-0.2, 0) is 4.79 Å². The Balaban J connectivity index is 2.35. The van der Waals surface area contributed by atoms with Gasteiger partial charge in [-0.05, 0) is 61.0 Å². The van der Waals surface area contributed by atoms with E-state index in [1.807, 2.05) is 39.0 Å². The third-order valence-electron chi connectivity index (χ3n) is 3.64. The molecule has 2 rings (SSSR count). The number of hydrogen-bond acceptors (Lipinski definition) is 4. The second-order valence-electron chi connectivity index (χ2n) is 5.68. The Kier molecular flexibility index (Phi) is 7.44. The van der Waals surface area contributed by atoms with Gasteiger partial charge in [-0.2, -0.15) is 5.26 Å². The molecule has 0 spiro atoms. The zero-order valence-corrected chi connectivity index (χ0v) is 17.1. The summed E-state index contributed by atoms with van der Waals surface area (Å²) in [5.74, 6) is 0.703. The second-order valence-corrected chi connectivity index (χ2v) is 6.53. The van der Waals surface area contributed by atoms with E-state index in [0.29, 0.717) is 36.0 Å². The largest absolute Gasteiger partial charge is 0.493 e. The van der Waals surface area contributed by atoms with Gasteiger partial charge in [-0.25, -0.2) is 0 Å². The normalized spacial score (nSPS) is 10.9. The van der Waals surface area contributed by atoms with Crippen molar-refractivity contribution in [3.8, 4) is 17.6 Å². The van der Waals surface area contributed by atoms with Gasteiger partial charge in [0.25, 0.3) is 5.91 Å². The first-order valence-electron chi connectivity index (χ1n) is 8.57. The van der Waals surface area contributed by atoms with E-state index in [2.05, 4.69) is 21.2 Å². The fourth-order valence-corrected chi connectivity index (χ4v) is 2.82. The van der Waals surface area contributed by atoms with Crippen LogP contribution < -0.4 is 14.8 Å². The van der Waals surface area contributed by atoms with Crippen molar-refractivity contribution in [1.29, 1.82) is 5.26 Å². The number of hydrogen-bond donors (Lipinski definition) is 1. The molecule has 2 aromatic carbocycles. The van der Waals surface area contributed by atoms with Crippen LogP contribution >= 0.6 is 15.9 Å². The maximum absolute atomic E-state index is 12.5. The molecule has 0 fully saturated rings. The summed E-state index contributed by atoms with van der Waals surface area (Å²) in [5, 5.41) is 12.2. The number of nitriles is 1. The van der Waals surface area contributed by atoms with Gasteiger partial charge >= 0.3 is 0 Å². The van der Waals surface area contributed by atoms with Gasteiger partial charge in [0.1, 0.15) is 23.1 Å². The van der Waals surface area contributed by atoms with Crippen molar-refractivity contribution in [1.82, 2.24) is 0 Å². The van der Waals surface area contributed by atoms with E-state index >= 15 is 0 Å². The SMILES string of the molecule is CCOc1cc(OCC)c(/C=C(\C#N)C(=O)Nc2ccc(C)cc2)cc1Br. The molecule has 0 aliphatic rings. The molecular formula is C21H21BrN2O3. The highest BCUT2D eigenvalue weighted by Gasteiger charge is 2.14. The number of carbonyl (C=O) groups excluding carboxylic acids is 1. The van der Waals surface area contributed by atoms with E-state index < -0.39 is 5.91 Å². The average Bonchev–Trinajstić information content (AvgIpc) is 2.65. The molecule has 0 saturated carbocycles. The van der Waals surface area contributed by atoms with Crippen LogP contribution in [-0.4, -0.2) is 19.1 Å². The van der Waals surface area contributed by atoms with E-state index in [9.17, 15) is 10.1 Å². The summed E-state index contributed by atoms with van der Waals surface area (Å²) in [5.41, 5.74) is 2.31. The molecule has 0 saturated heterocycles. The van der Waals surface area contributed by atoms with E-state index in [1.54, 1.807) is 24.3 Å². The maximum Gasteiger partial charge on any atom is 0.266 e. The molecule has 0 radical (unpaired) electrons. The van der Waals surface area contributed by atoms with Gasteiger partial charge in [-0.3, -0.25) is 4.79 Å². The summed E-state index contributed by atoms with van der Waals surface area (Å²) in [4.78, 5) is 12.5. The Bertz CT molecular complexity index is 884. The van der Waals surface area contributed by atoms with Gasteiger partial charge in [-0.1, -0.05) is 17.7 Å². The fourth-order valence-electron chi connectivity index (χ4n) is 2.35. The molecule has 0 atom stereocenters. The number of nitrogens with one attached hydrogen (secondary N) is 1. The predicted molar refractivity (Wildman–Crippen MR) is 110 cm³/mol. The Labute approximate surface area is 167 Å². The maximum atomic E-state index is 12.5. The van der Waals surface area contributed by atoms with Gasteiger partial charge in [0.05, 0.1) is 17.7 Å². The molecule has 0 aliphatic carbocycles. The van der Waals surface area contributed by atoms with Crippen molar-refractivity contribution in [3.05, 3.63) is 57.6 Å². The average molecular weight is 429 g/mol. The summed E-state index contributed by atoms with van der Waals surface area (Å²) in [7, 11) is 0. The lowest BCUT2D eigenvalue weighted by molar-refractivity contribution is -0.112. The minimum Gasteiger partial charge on any atom is -0.493 e. The van der Waals surface area contributed by atoms with Gasteiger partial charge in [0, 0.05) is 17.3 Å². The van der Waals surface area contributed by atoms with Crippen LogP contribution in [0.25, 0.3) is 6.08 Å². The number of anilines is 1. The lowest BCUT2D eigenvalue weighted by atomic mass is 10.1. The highest BCUT2D eigenvalue weighted by molar-refractivity contribution is 9.10. The molecule has 140 valence electrons. The van der Waals surface area contributed by atoms with Crippen molar-refractivity contribution in [2.24, 2.45) is 0 Å². The van der Waals surface area contributed by atoms with Crippen molar-refractivity contribution in [2.75, 3.05) is 18.5 Å². The minimum absolute atomic E-state index is 0.0208. The van der Waals surface area contributed by atoms with Crippen LogP contribution in [0.5, 0.6) is 11.5 Å². The number of benzene rings is 2. The second kappa shape index (κ2) is 9.79. The van der Waals surface area contributed by atoms with Crippen molar-refractivity contribution in [3.63, 3.8) is 0 Å². The van der Waals surface area contributed by atoms with Crippen LogP contribution in [0.4, 0.5) is 5.69 Å². The van der Waals surface area contributed by atoms with Crippen molar-refractivity contribution in [2.45, 2.75) is 20.8 Å². The Morgan fingerprint density at radius 2 is 1.78 bits per heavy atom.